The van der Waals surface area contributed by atoms with Gasteiger partial charge in [0.15, 0.2) is 0 Å². The van der Waals surface area contributed by atoms with E-state index < -0.39 is 0 Å². The largest absolute Gasteiger partial charge is 0.496 e. The lowest BCUT2D eigenvalue weighted by Gasteiger charge is -2.14. The van der Waals surface area contributed by atoms with Gasteiger partial charge in [0.2, 0.25) is 0 Å². The molecule has 1 aromatic carbocycles. The number of rotatable bonds is 5. The van der Waals surface area contributed by atoms with E-state index in [1.54, 1.807) is 13.4 Å². The van der Waals surface area contributed by atoms with Crippen LogP contribution in [-0.2, 0) is 6.42 Å². The molecule has 0 aliphatic carbocycles. The number of benzene rings is 1. The van der Waals surface area contributed by atoms with Gasteiger partial charge in [-0.15, -0.1) is 0 Å². The minimum atomic E-state index is 0.181. The number of likely N-dealkylation sites (N-methyl/N-ethyl adjacent to an activating group) is 1. The second kappa shape index (κ2) is 6.07. The number of hydrogen-bond donors (Lipinski definition) is 1. The summed E-state index contributed by atoms with van der Waals surface area (Å²) in [6, 6.07) is 10.2. The average molecular weight is 310 g/mol. The Labute approximate surface area is 115 Å². The molecule has 0 spiro atoms. The summed E-state index contributed by atoms with van der Waals surface area (Å²) in [4.78, 5) is 0. The Kier molecular flexibility index (Phi) is 4.44. The Morgan fingerprint density at radius 2 is 2.22 bits per heavy atom. The van der Waals surface area contributed by atoms with Gasteiger partial charge < -0.3 is 14.5 Å². The molecular formula is C14H16BrNO2. The Bertz CT molecular complexity index is 497. The van der Waals surface area contributed by atoms with Crippen molar-refractivity contribution in [2.45, 2.75) is 12.5 Å². The van der Waals surface area contributed by atoms with Gasteiger partial charge in [-0.05, 0) is 59.2 Å². The minimum Gasteiger partial charge on any atom is -0.496 e. The second-order valence-corrected chi connectivity index (χ2v) is 4.88. The first kappa shape index (κ1) is 13.2. The number of halogens is 1. The van der Waals surface area contributed by atoms with Crippen molar-refractivity contribution in [1.82, 2.24) is 5.32 Å². The maximum atomic E-state index is 5.43. The van der Waals surface area contributed by atoms with Gasteiger partial charge in [0, 0.05) is 0 Å². The van der Waals surface area contributed by atoms with Crippen LogP contribution in [0.4, 0.5) is 0 Å². The van der Waals surface area contributed by atoms with Crippen molar-refractivity contribution in [2.24, 2.45) is 0 Å². The summed E-state index contributed by atoms with van der Waals surface area (Å²) in [6.07, 6.45) is 2.57. The summed E-state index contributed by atoms with van der Waals surface area (Å²) in [6.45, 7) is 0. The third-order valence-corrected chi connectivity index (χ3v) is 3.51. The van der Waals surface area contributed by atoms with Crippen LogP contribution in [0.1, 0.15) is 17.4 Å². The van der Waals surface area contributed by atoms with Crippen LogP contribution in [0.25, 0.3) is 0 Å². The van der Waals surface area contributed by atoms with E-state index in [0.29, 0.717) is 0 Å². The third-order valence-electron chi connectivity index (χ3n) is 2.89. The van der Waals surface area contributed by atoms with Gasteiger partial charge in [-0.2, -0.15) is 0 Å². The fourth-order valence-electron chi connectivity index (χ4n) is 1.91. The SMILES string of the molecule is CNC(Cc1ccc(OC)c(Br)c1)c1ccco1. The van der Waals surface area contributed by atoms with Gasteiger partial charge in [0.05, 0.1) is 23.9 Å². The fourth-order valence-corrected chi connectivity index (χ4v) is 2.50. The molecule has 0 bridgehead atoms. The van der Waals surface area contributed by atoms with E-state index in [4.69, 9.17) is 9.15 Å². The summed E-state index contributed by atoms with van der Waals surface area (Å²) in [5.41, 5.74) is 1.22. The molecule has 96 valence electrons. The molecule has 0 radical (unpaired) electrons. The van der Waals surface area contributed by atoms with Crippen LogP contribution < -0.4 is 10.1 Å². The topological polar surface area (TPSA) is 34.4 Å². The van der Waals surface area contributed by atoms with Gasteiger partial charge in [0.1, 0.15) is 11.5 Å². The molecule has 0 aliphatic heterocycles. The Morgan fingerprint density at radius 3 is 2.78 bits per heavy atom. The highest BCUT2D eigenvalue weighted by Crippen LogP contribution is 2.27. The number of methoxy groups -OCH3 is 1. The van der Waals surface area contributed by atoms with E-state index in [1.165, 1.54) is 5.56 Å². The first-order valence-corrected chi connectivity index (χ1v) is 6.57. The molecule has 18 heavy (non-hydrogen) atoms. The van der Waals surface area contributed by atoms with Crippen molar-refractivity contribution < 1.29 is 9.15 Å². The molecule has 2 aromatic rings. The van der Waals surface area contributed by atoms with Crippen molar-refractivity contribution in [1.29, 1.82) is 0 Å². The van der Waals surface area contributed by atoms with Crippen LogP contribution in [0, 0.1) is 0 Å². The molecule has 1 unspecified atom stereocenters. The zero-order valence-corrected chi connectivity index (χ0v) is 12.0. The van der Waals surface area contributed by atoms with Gasteiger partial charge in [-0.1, -0.05) is 6.07 Å². The third kappa shape index (κ3) is 2.94. The molecule has 2 rings (SSSR count). The van der Waals surface area contributed by atoms with Crippen molar-refractivity contribution >= 4 is 15.9 Å². The summed E-state index contributed by atoms with van der Waals surface area (Å²) in [5.74, 6) is 1.79. The predicted molar refractivity (Wildman–Crippen MR) is 74.9 cm³/mol. The van der Waals surface area contributed by atoms with Crippen LogP contribution in [0.5, 0.6) is 5.75 Å². The molecule has 0 saturated heterocycles. The fraction of sp³-hybridized carbons (Fsp3) is 0.286. The van der Waals surface area contributed by atoms with E-state index in [2.05, 4.69) is 33.4 Å². The number of furan rings is 1. The smallest absolute Gasteiger partial charge is 0.133 e. The van der Waals surface area contributed by atoms with Gasteiger partial charge in [-0.3, -0.25) is 0 Å². The lowest BCUT2D eigenvalue weighted by molar-refractivity contribution is 0.411. The van der Waals surface area contributed by atoms with E-state index in [0.717, 1.165) is 22.4 Å². The minimum absolute atomic E-state index is 0.181. The number of nitrogens with one attached hydrogen (secondary N) is 1. The van der Waals surface area contributed by atoms with Gasteiger partial charge in [-0.25, -0.2) is 0 Å². The van der Waals surface area contributed by atoms with Crippen molar-refractivity contribution in [3.05, 3.63) is 52.4 Å². The Hall–Kier alpha value is -1.26. The zero-order chi connectivity index (χ0) is 13.0. The van der Waals surface area contributed by atoms with Gasteiger partial charge in [0.25, 0.3) is 0 Å². The molecular weight excluding hydrogens is 294 g/mol. The highest BCUT2D eigenvalue weighted by atomic mass is 79.9. The molecule has 0 saturated carbocycles. The average Bonchev–Trinajstić information content (AvgIpc) is 2.90. The standard InChI is InChI=1S/C14H16BrNO2/c1-16-12(14-4-3-7-18-14)9-10-5-6-13(17-2)11(15)8-10/h3-8,12,16H,9H2,1-2H3. The lowest BCUT2D eigenvalue weighted by Crippen LogP contribution is -2.18. The van der Waals surface area contributed by atoms with Crippen LogP contribution in [0.3, 0.4) is 0 Å². The Morgan fingerprint density at radius 1 is 1.39 bits per heavy atom. The first-order valence-electron chi connectivity index (χ1n) is 5.77. The summed E-state index contributed by atoms with van der Waals surface area (Å²) in [7, 11) is 3.60. The molecule has 3 nitrogen and oxygen atoms in total. The van der Waals surface area contributed by atoms with Crippen molar-refractivity contribution in [3.63, 3.8) is 0 Å². The molecule has 4 heteroatoms. The van der Waals surface area contributed by atoms with E-state index >= 15 is 0 Å². The van der Waals surface area contributed by atoms with Crippen molar-refractivity contribution in [3.8, 4) is 5.75 Å². The molecule has 1 atom stereocenters. The zero-order valence-electron chi connectivity index (χ0n) is 10.4. The molecule has 0 aliphatic rings. The van der Waals surface area contributed by atoms with E-state index in [9.17, 15) is 0 Å². The quantitative estimate of drug-likeness (QED) is 0.917. The monoisotopic (exact) mass is 309 g/mol. The Balaban J connectivity index is 2.15. The van der Waals surface area contributed by atoms with Crippen LogP contribution >= 0.6 is 15.9 Å². The number of ether oxygens (including phenoxy) is 1. The summed E-state index contributed by atoms with van der Waals surface area (Å²) >= 11 is 3.50. The van der Waals surface area contributed by atoms with Crippen LogP contribution in [0.15, 0.2) is 45.5 Å². The molecule has 0 fully saturated rings. The molecule has 0 amide bonds. The van der Waals surface area contributed by atoms with Crippen LogP contribution in [0.2, 0.25) is 0 Å². The van der Waals surface area contributed by atoms with E-state index in [-0.39, 0.29) is 6.04 Å². The predicted octanol–water partition coefficient (Wildman–Crippen LogP) is 3.55. The maximum Gasteiger partial charge on any atom is 0.133 e. The highest BCUT2D eigenvalue weighted by Gasteiger charge is 2.13. The van der Waals surface area contributed by atoms with Crippen LogP contribution in [-0.4, -0.2) is 14.2 Å². The highest BCUT2D eigenvalue weighted by molar-refractivity contribution is 9.10. The van der Waals surface area contributed by atoms with E-state index in [1.807, 2.05) is 25.2 Å². The first-order chi connectivity index (χ1) is 8.74. The molecule has 1 aromatic heterocycles. The van der Waals surface area contributed by atoms with Crippen molar-refractivity contribution in [2.75, 3.05) is 14.2 Å². The number of hydrogen-bond acceptors (Lipinski definition) is 3. The summed E-state index contributed by atoms with van der Waals surface area (Å²) in [5, 5.41) is 3.26. The van der Waals surface area contributed by atoms with Gasteiger partial charge >= 0.3 is 0 Å². The molecule has 1 heterocycles. The summed E-state index contributed by atoms with van der Waals surface area (Å²) < 4.78 is 11.6. The normalized spacial score (nSPS) is 12.4. The molecule has 1 N–H and O–H groups in total. The lowest BCUT2D eigenvalue weighted by atomic mass is 10.0. The maximum absolute atomic E-state index is 5.43. The second-order valence-electron chi connectivity index (χ2n) is 4.03.